The van der Waals surface area contributed by atoms with E-state index in [2.05, 4.69) is 14.6 Å². The molecule has 0 N–H and O–H groups in total. The molecular formula is C24H23N5O. The molecule has 4 aromatic rings. The smallest absolute Gasteiger partial charge is 0.254 e. The van der Waals surface area contributed by atoms with Gasteiger partial charge in [0.1, 0.15) is 5.82 Å². The molecule has 1 fully saturated rings. The van der Waals surface area contributed by atoms with Crippen LogP contribution >= 0.6 is 0 Å². The van der Waals surface area contributed by atoms with E-state index in [-0.39, 0.29) is 11.8 Å². The molecule has 150 valence electrons. The number of fused-ring (bicyclic) bond motifs is 3. The highest BCUT2D eigenvalue weighted by Gasteiger charge is 2.32. The van der Waals surface area contributed by atoms with Gasteiger partial charge in [0, 0.05) is 36.3 Å². The number of carbonyl (C=O) groups excluding carboxylic acids is 1. The van der Waals surface area contributed by atoms with Gasteiger partial charge in [-0.15, -0.1) is 10.2 Å². The van der Waals surface area contributed by atoms with Gasteiger partial charge < -0.3 is 4.90 Å². The van der Waals surface area contributed by atoms with Crippen molar-refractivity contribution in [1.82, 2.24) is 24.5 Å². The summed E-state index contributed by atoms with van der Waals surface area (Å²) in [4.78, 5) is 20.7. The summed E-state index contributed by atoms with van der Waals surface area (Å²) in [5, 5.41) is 9.75. The molecule has 6 heteroatoms. The van der Waals surface area contributed by atoms with Crippen LogP contribution in [-0.4, -0.2) is 43.5 Å². The maximum Gasteiger partial charge on any atom is 0.254 e. The lowest BCUT2D eigenvalue weighted by atomic mass is 9.94. The molecule has 6 nitrogen and oxygen atoms in total. The van der Waals surface area contributed by atoms with E-state index in [0.29, 0.717) is 6.54 Å². The largest absolute Gasteiger partial charge is 0.338 e. The van der Waals surface area contributed by atoms with E-state index in [1.165, 1.54) is 0 Å². The lowest BCUT2D eigenvalue weighted by Crippen LogP contribution is -2.40. The zero-order valence-corrected chi connectivity index (χ0v) is 16.8. The van der Waals surface area contributed by atoms with Crippen molar-refractivity contribution in [3.05, 3.63) is 71.3 Å². The van der Waals surface area contributed by atoms with Crippen LogP contribution in [0.3, 0.4) is 0 Å². The normalized spacial score (nSPS) is 18.8. The van der Waals surface area contributed by atoms with Gasteiger partial charge in [-0.1, -0.05) is 24.3 Å². The number of amides is 1. The van der Waals surface area contributed by atoms with Crippen LogP contribution in [0.15, 0.2) is 48.7 Å². The van der Waals surface area contributed by atoms with Crippen molar-refractivity contribution in [3.63, 3.8) is 0 Å². The highest BCUT2D eigenvalue weighted by Crippen LogP contribution is 2.33. The summed E-state index contributed by atoms with van der Waals surface area (Å²) in [5.74, 6) is 1.29. The van der Waals surface area contributed by atoms with Crippen molar-refractivity contribution in [3.8, 4) is 0 Å². The molecule has 1 aliphatic heterocycles. The van der Waals surface area contributed by atoms with E-state index in [1.54, 1.807) is 0 Å². The highest BCUT2D eigenvalue weighted by molar-refractivity contribution is 6.07. The maximum atomic E-state index is 13.8. The van der Waals surface area contributed by atoms with Gasteiger partial charge in [-0.3, -0.25) is 14.2 Å². The van der Waals surface area contributed by atoms with Gasteiger partial charge in [0.25, 0.3) is 5.91 Å². The molecule has 1 saturated heterocycles. The van der Waals surface area contributed by atoms with Crippen molar-refractivity contribution >= 4 is 22.5 Å². The van der Waals surface area contributed by atoms with E-state index in [0.717, 1.165) is 77.8 Å². The summed E-state index contributed by atoms with van der Waals surface area (Å²) in [5.41, 5.74) is 4.93. The molecule has 1 amide bonds. The number of likely N-dealkylation sites (tertiary alicyclic amines) is 1. The van der Waals surface area contributed by atoms with Gasteiger partial charge in [0.05, 0.1) is 11.1 Å². The molecule has 1 aromatic carbocycles. The first-order valence-corrected chi connectivity index (χ1v) is 10.8. The lowest BCUT2D eigenvalue weighted by Gasteiger charge is -2.32. The third kappa shape index (κ3) is 2.70. The lowest BCUT2D eigenvalue weighted by molar-refractivity contribution is 0.0705. The number of hydrogen-bond acceptors (Lipinski definition) is 4. The number of benzene rings is 1. The van der Waals surface area contributed by atoms with Crippen molar-refractivity contribution in [1.29, 1.82) is 0 Å². The first-order chi connectivity index (χ1) is 14.8. The molecule has 1 aliphatic carbocycles. The van der Waals surface area contributed by atoms with Gasteiger partial charge in [-0.05, 0) is 55.9 Å². The van der Waals surface area contributed by atoms with E-state index in [4.69, 9.17) is 4.98 Å². The van der Waals surface area contributed by atoms with Crippen LogP contribution in [0.4, 0.5) is 0 Å². The second-order valence-corrected chi connectivity index (χ2v) is 8.36. The van der Waals surface area contributed by atoms with Crippen molar-refractivity contribution in [2.45, 2.75) is 38.0 Å². The van der Waals surface area contributed by atoms with Crippen molar-refractivity contribution in [2.24, 2.45) is 0 Å². The Balaban J connectivity index is 1.38. The van der Waals surface area contributed by atoms with Crippen LogP contribution in [0.5, 0.6) is 0 Å². The summed E-state index contributed by atoms with van der Waals surface area (Å²) in [6.45, 7) is 1.47. The minimum absolute atomic E-state index is 0.144. The highest BCUT2D eigenvalue weighted by atomic mass is 16.2. The zero-order valence-electron chi connectivity index (χ0n) is 16.8. The Hall–Kier alpha value is -3.28. The Bertz CT molecular complexity index is 1280. The van der Waals surface area contributed by atoms with E-state index >= 15 is 0 Å². The average Bonchev–Trinajstić information content (AvgIpc) is 3.44. The molecule has 0 spiro atoms. The topological polar surface area (TPSA) is 63.4 Å². The second kappa shape index (κ2) is 6.90. The van der Waals surface area contributed by atoms with E-state index < -0.39 is 0 Å². The Morgan fingerprint density at radius 3 is 2.87 bits per heavy atom. The monoisotopic (exact) mass is 397 g/mol. The number of rotatable bonds is 2. The van der Waals surface area contributed by atoms with E-state index in [1.807, 2.05) is 53.6 Å². The molecule has 0 bridgehead atoms. The number of pyridine rings is 2. The molecule has 30 heavy (non-hydrogen) atoms. The molecular weight excluding hydrogens is 374 g/mol. The van der Waals surface area contributed by atoms with Crippen LogP contribution in [0, 0.1) is 0 Å². The molecule has 1 atom stereocenters. The van der Waals surface area contributed by atoms with Crippen molar-refractivity contribution < 1.29 is 4.79 Å². The number of hydrogen-bond donors (Lipinski definition) is 0. The molecule has 3 aromatic heterocycles. The minimum atomic E-state index is 0.144. The Morgan fingerprint density at radius 2 is 1.90 bits per heavy atom. The van der Waals surface area contributed by atoms with Crippen LogP contribution in [0.25, 0.3) is 16.6 Å². The summed E-state index contributed by atoms with van der Waals surface area (Å²) in [6, 6.07) is 14.0. The third-order valence-electron chi connectivity index (χ3n) is 6.55. The quantitative estimate of drug-likeness (QED) is 0.516. The van der Waals surface area contributed by atoms with Crippen LogP contribution in [0.1, 0.15) is 52.6 Å². The number of piperidine rings is 1. The maximum absolute atomic E-state index is 13.8. The predicted octanol–water partition coefficient (Wildman–Crippen LogP) is 3.79. The fourth-order valence-electron chi connectivity index (χ4n) is 5.12. The summed E-state index contributed by atoms with van der Waals surface area (Å²) in [7, 11) is 0. The summed E-state index contributed by atoms with van der Waals surface area (Å²) in [6.07, 6.45) is 7.00. The van der Waals surface area contributed by atoms with E-state index in [9.17, 15) is 4.79 Å². The Labute approximate surface area is 174 Å². The minimum Gasteiger partial charge on any atom is -0.338 e. The predicted molar refractivity (Wildman–Crippen MR) is 115 cm³/mol. The van der Waals surface area contributed by atoms with Crippen LogP contribution < -0.4 is 0 Å². The SMILES string of the molecule is O=C(c1c2c(nc3ccccc13)CCC2)N1CCCC(c2nnc3ccccn23)C1. The van der Waals surface area contributed by atoms with Crippen LogP contribution in [0.2, 0.25) is 0 Å². The molecule has 2 aliphatic rings. The molecule has 4 heterocycles. The number of nitrogens with zero attached hydrogens (tertiary/aromatic N) is 5. The first-order valence-electron chi connectivity index (χ1n) is 10.8. The second-order valence-electron chi connectivity index (χ2n) is 8.36. The third-order valence-corrected chi connectivity index (χ3v) is 6.55. The molecule has 1 unspecified atom stereocenters. The van der Waals surface area contributed by atoms with Gasteiger partial charge in [-0.2, -0.15) is 0 Å². The van der Waals surface area contributed by atoms with Gasteiger partial charge in [-0.25, -0.2) is 0 Å². The van der Waals surface area contributed by atoms with Gasteiger partial charge >= 0.3 is 0 Å². The average molecular weight is 397 g/mol. The van der Waals surface area contributed by atoms with Gasteiger partial charge in [0.15, 0.2) is 5.65 Å². The van der Waals surface area contributed by atoms with Crippen molar-refractivity contribution in [2.75, 3.05) is 13.1 Å². The molecule has 6 rings (SSSR count). The molecule has 0 saturated carbocycles. The fraction of sp³-hybridized carbons (Fsp3) is 0.333. The van der Waals surface area contributed by atoms with Crippen LogP contribution in [-0.2, 0) is 12.8 Å². The summed E-state index contributed by atoms with van der Waals surface area (Å²) < 4.78 is 2.05. The summed E-state index contributed by atoms with van der Waals surface area (Å²) >= 11 is 0. The number of aryl methyl sites for hydroxylation is 1. The first kappa shape index (κ1) is 17.6. The zero-order chi connectivity index (χ0) is 20.1. The fourth-order valence-corrected chi connectivity index (χ4v) is 5.12. The molecule has 0 radical (unpaired) electrons. The Morgan fingerprint density at radius 1 is 1.00 bits per heavy atom. The standard InChI is InChI=1S/C24H23N5O/c30-24(22-17-8-1-2-10-19(17)25-20-11-5-9-18(20)22)28-13-6-7-16(15-28)23-27-26-21-12-3-4-14-29(21)23/h1-4,8,10,12,14,16H,5-7,9,11,13,15H2. The van der Waals surface area contributed by atoms with Gasteiger partial charge in [0.2, 0.25) is 0 Å². The number of carbonyl (C=O) groups is 1. The number of aromatic nitrogens is 4. The number of para-hydroxylation sites is 1. The Kier molecular flexibility index (Phi) is 4.04.